The molecule has 8 heteroatoms. The van der Waals surface area contributed by atoms with E-state index >= 15 is 0 Å². The molecular formula is C20H27N4O2S2+. The Morgan fingerprint density at radius 2 is 1.64 bits per heavy atom. The molecule has 1 N–H and O–H groups in total. The summed E-state index contributed by atoms with van der Waals surface area (Å²) in [6.45, 7) is 3.12. The molecule has 1 saturated heterocycles. The van der Waals surface area contributed by atoms with Crippen LogP contribution in [0.3, 0.4) is 0 Å². The molecule has 1 aromatic carbocycles. The summed E-state index contributed by atoms with van der Waals surface area (Å²) in [4.78, 5) is 2.00. The van der Waals surface area contributed by atoms with Gasteiger partial charge in [-0.1, -0.05) is 6.07 Å². The average molecular weight is 420 g/mol. The fourth-order valence-electron chi connectivity index (χ4n) is 7.20. The van der Waals surface area contributed by atoms with E-state index in [0.29, 0.717) is 34.6 Å². The zero-order valence-electron chi connectivity index (χ0n) is 16.0. The van der Waals surface area contributed by atoms with Crippen molar-refractivity contribution in [3.05, 3.63) is 18.2 Å². The van der Waals surface area contributed by atoms with Crippen molar-refractivity contribution in [1.82, 2.24) is 13.1 Å². The van der Waals surface area contributed by atoms with E-state index in [1.165, 1.54) is 38.5 Å². The van der Waals surface area contributed by atoms with E-state index in [0.717, 1.165) is 42.6 Å². The fraction of sp³-hybridized carbons (Fsp3) is 0.700. The van der Waals surface area contributed by atoms with Gasteiger partial charge in [-0.25, -0.2) is 8.42 Å². The number of sulfonamides is 1. The second kappa shape index (κ2) is 6.20. The third kappa shape index (κ3) is 2.61. The van der Waals surface area contributed by atoms with E-state index < -0.39 is 10.0 Å². The summed E-state index contributed by atoms with van der Waals surface area (Å²) < 4.78 is 36.7. The molecule has 5 fully saturated rings. The van der Waals surface area contributed by atoms with Gasteiger partial charge in [-0.2, -0.15) is 13.1 Å². The number of quaternary nitrogens is 1. The minimum absolute atomic E-state index is 0.317. The van der Waals surface area contributed by atoms with Crippen molar-refractivity contribution < 1.29 is 13.3 Å². The summed E-state index contributed by atoms with van der Waals surface area (Å²) in [6, 6.07) is 5.28. The molecule has 0 unspecified atom stereocenters. The van der Waals surface area contributed by atoms with Gasteiger partial charge in [0.25, 0.3) is 0 Å². The lowest BCUT2D eigenvalue weighted by Crippen LogP contribution is -3.23. The highest BCUT2D eigenvalue weighted by molar-refractivity contribution is 7.89. The summed E-state index contributed by atoms with van der Waals surface area (Å²) in [5, 5.41) is 0. The van der Waals surface area contributed by atoms with Crippen LogP contribution in [0.5, 0.6) is 0 Å². The lowest BCUT2D eigenvalue weighted by Gasteiger charge is -2.59. The van der Waals surface area contributed by atoms with Crippen LogP contribution in [0.1, 0.15) is 38.5 Å². The van der Waals surface area contributed by atoms with Crippen molar-refractivity contribution in [2.45, 2.75) is 49.0 Å². The number of hydrogen-bond donors (Lipinski definition) is 1. The van der Waals surface area contributed by atoms with Gasteiger partial charge in [0, 0.05) is 19.3 Å². The molecule has 0 amide bonds. The van der Waals surface area contributed by atoms with Crippen molar-refractivity contribution in [1.29, 1.82) is 0 Å². The first kappa shape index (κ1) is 17.7. The van der Waals surface area contributed by atoms with Crippen LogP contribution in [0.4, 0.5) is 0 Å². The van der Waals surface area contributed by atoms with Crippen LogP contribution in [0.25, 0.3) is 11.0 Å². The first-order valence-electron chi connectivity index (χ1n) is 10.6. The van der Waals surface area contributed by atoms with Crippen molar-refractivity contribution >= 4 is 32.8 Å². The molecule has 2 aromatic rings. The Morgan fingerprint density at radius 1 is 1.00 bits per heavy atom. The highest BCUT2D eigenvalue weighted by Gasteiger charge is 2.56. The molecule has 1 aromatic heterocycles. The number of benzene rings is 1. The standard InChI is InChI=1S/C20H26N4O2S2/c25-28(26,18-3-1-2-17-19(18)22-27-21-17)24-6-4-23(5-7-24)20-11-14-8-15(12-20)10-16(9-14)13-20/h1-3,14-16H,4-13H2/p+1. The van der Waals surface area contributed by atoms with E-state index in [4.69, 9.17) is 0 Å². The van der Waals surface area contributed by atoms with Crippen LogP contribution >= 0.6 is 11.7 Å². The van der Waals surface area contributed by atoms with Gasteiger partial charge in [0.1, 0.15) is 15.9 Å². The summed E-state index contributed by atoms with van der Waals surface area (Å²) >= 11 is 1.08. The van der Waals surface area contributed by atoms with Crippen LogP contribution in [-0.4, -0.2) is 53.2 Å². The van der Waals surface area contributed by atoms with Crippen LogP contribution in [0.15, 0.2) is 23.1 Å². The zero-order valence-corrected chi connectivity index (χ0v) is 17.6. The first-order valence-corrected chi connectivity index (χ1v) is 12.8. The minimum Gasteiger partial charge on any atom is -0.328 e. The van der Waals surface area contributed by atoms with Gasteiger partial charge in [0.15, 0.2) is 0 Å². The summed E-state index contributed by atoms with van der Waals surface area (Å²) in [5.74, 6) is 2.82. The predicted octanol–water partition coefficient (Wildman–Crippen LogP) is 1.55. The van der Waals surface area contributed by atoms with E-state index in [-0.39, 0.29) is 0 Å². The number of nitrogens with zero attached hydrogens (tertiary/aromatic N) is 3. The number of nitrogens with one attached hydrogen (secondary N) is 1. The van der Waals surface area contributed by atoms with Crippen molar-refractivity contribution in [3.63, 3.8) is 0 Å². The molecule has 150 valence electrons. The molecule has 5 aliphatic rings. The average Bonchev–Trinajstić information content (AvgIpc) is 3.16. The molecule has 4 aliphatic carbocycles. The maximum absolute atomic E-state index is 13.3. The Kier molecular flexibility index (Phi) is 3.93. The van der Waals surface area contributed by atoms with Gasteiger partial charge >= 0.3 is 0 Å². The number of hydrogen-bond acceptors (Lipinski definition) is 5. The van der Waals surface area contributed by atoms with Gasteiger partial charge in [-0.05, 0) is 49.1 Å². The molecular weight excluding hydrogens is 392 g/mol. The number of piperazine rings is 1. The Hall–Kier alpha value is -1.09. The number of aromatic nitrogens is 2. The molecule has 4 bridgehead atoms. The van der Waals surface area contributed by atoms with Gasteiger partial charge in [-0.15, -0.1) is 0 Å². The summed E-state index contributed by atoms with van der Waals surface area (Å²) in [7, 11) is -3.51. The minimum atomic E-state index is -3.51. The quantitative estimate of drug-likeness (QED) is 0.820. The Bertz CT molecular complexity index is 975. The zero-order chi connectivity index (χ0) is 18.9. The molecule has 7 rings (SSSR count). The largest absolute Gasteiger partial charge is 0.328 e. The van der Waals surface area contributed by atoms with Gasteiger partial charge in [0.05, 0.1) is 43.4 Å². The maximum Gasteiger partial charge on any atom is 0.245 e. The number of rotatable bonds is 3. The first-order chi connectivity index (χ1) is 13.5. The van der Waals surface area contributed by atoms with E-state index in [1.54, 1.807) is 21.3 Å². The van der Waals surface area contributed by atoms with Crippen LogP contribution in [0, 0.1) is 17.8 Å². The monoisotopic (exact) mass is 419 g/mol. The SMILES string of the molecule is O=S(=O)(c1cccc2nsnc12)N1CC[NH+](C23CC4CC(CC(C4)C2)C3)CC1. The third-order valence-electron chi connectivity index (χ3n) is 7.98. The van der Waals surface area contributed by atoms with Crippen LogP contribution in [0.2, 0.25) is 0 Å². The molecule has 0 spiro atoms. The molecule has 4 saturated carbocycles. The third-order valence-corrected chi connectivity index (χ3v) is 10.5. The second-order valence-corrected chi connectivity index (χ2v) is 12.0. The Morgan fingerprint density at radius 3 is 2.29 bits per heavy atom. The molecule has 2 heterocycles. The molecule has 0 radical (unpaired) electrons. The number of fused-ring (bicyclic) bond motifs is 1. The van der Waals surface area contributed by atoms with E-state index in [1.807, 2.05) is 6.07 Å². The lowest BCUT2D eigenvalue weighted by atomic mass is 9.52. The maximum atomic E-state index is 13.3. The highest BCUT2D eigenvalue weighted by atomic mass is 32.2. The Labute approximate surface area is 170 Å². The van der Waals surface area contributed by atoms with E-state index in [9.17, 15) is 8.42 Å². The summed E-state index contributed by atoms with van der Waals surface area (Å²) in [5.41, 5.74) is 1.64. The normalized spacial score (nSPS) is 36.4. The smallest absolute Gasteiger partial charge is 0.245 e. The fourth-order valence-corrected chi connectivity index (χ4v) is 9.39. The lowest BCUT2D eigenvalue weighted by molar-refractivity contribution is -0.962. The topological polar surface area (TPSA) is 67.6 Å². The Balaban J connectivity index is 1.23. The highest BCUT2D eigenvalue weighted by Crippen LogP contribution is 2.54. The van der Waals surface area contributed by atoms with Crippen molar-refractivity contribution in [2.75, 3.05) is 26.2 Å². The van der Waals surface area contributed by atoms with Crippen LogP contribution in [-0.2, 0) is 10.0 Å². The van der Waals surface area contributed by atoms with Crippen molar-refractivity contribution in [2.24, 2.45) is 17.8 Å². The molecule has 1 aliphatic heterocycles. The van der Waals surface area contributed by atoms with E-state index in [2.05, 4.69) is 8.75 Å². The van der Waals surface area contributed by atoms with Gasteiger partial charge in [0.2, 0.25) is 10.0 Å². The molecule has 0 atom stereocenters. The summed E-state index contributed by atoms with van der Waals surface area (Å²) in [6.07, 6.45) is 8.51. The van der Waals surface area contributed by atoms with Gasteiger partial charge < -0.3 is 4.90 Å². The molecule has 6 nitrogen and oxygen atoms in total. The molecule has 28 heavy (non-hydrogen) atoms. The van der Waals surface area contributed by atoms with Gasteiger partial charge in [-0.3, -0.25) is 0 Å². The predicted molar refractivity (Wildman–Crippen MR) is 108 cm³/mol. The van der Waals surface area contributed by atoms with Crippen molar-refractivity contribution in [3.8, 4) is 0 Å². The second-order valence-electron chi connectivity index (χ2n) is 9.59. The van der Waals surface area contributed by atoms with Crippen LogP contribution < -0.4 is 4.90 Å².